The molecule has 0 unspecified atom stereocenters. The van der Waals surface area contributed by atoms with Gasteiger partial charge in [-0.15, -0.1) is 47.5 Å². The van der Waals surface area contributed by atoms with Gasteiger partial charge in [-0.2, -0.15) is 209 Å². The molecule has 0 saturated carbocycles. The molecule has 92 heavy (non-hydrogen) atoms. The van der Waals surface area contributed by atoms with E-state index >= 15 is 0 Å². The summed E-state index contributed by atoms with van der Waals surface area (Å²) in [6, 6.07) is 76.4. The van der Waals surface area contributed by atoms with Crippen LogP contribution in [0.4, 0.5) is 74.6 Å². The van der Waals surface area contributed by atoms with Gasteiger partial charge in [-0.25, -0.2) is 29.9 Å². The molecular weight excluding hydrogens is 1680 g/mol. The standard InChI is InChI=1S/C17H12N4.2C12H10N4.3C10H10N2.3Ir/c1-3-7-14(8-4-1)20-13-21(15-9-5-2-6-10-15)17-16(20)18-11-12-19-17;1-15-9-16(10-5-3-2-4-6-10)11-7-13-8-14-12(11)15;1-15-9-16(10-5-3-2-4-6-10)12-11(15)13-7-8-14-12;3*1-11-7-8-12(9-11)10-5-3-2-4-6-10;;;/h1-9,11-13H;2*2-5,7-9H,1H3;3*2-5,7-9H,1H3;;;/q6*-2;;;. The second-order valence-electron chi connectivity index (χ2n) is 20.0. The normalized spacial score (nSPS) is 14.1. The molecule has 0 amide bonds. The summed E-state index contributed by atoms with van der Waals surface area (Å²) in [4.78, 5) is 49.9. The van der Waals surface area contributed by atoms with Crippen LogP contribution in [0.5, 0.6) is 0 Å². The van der Waals surface area contributed by atoms with Crippen LogP contribution in [0.15, 0.2) is 250 Å². The van der Waals surface area contributed by atoms with E-state index in [2.05, 4.69) is 66.3 Å². The average Bonchev–Trinajstić information content (AvgIpc) is 1.69. The number of fused-ring (bicyclic) bond motifs is 3. The molecule has 475 valence electrons. The van der Waals surface area contributed by atoms with Crippen molar-refractivity contribution >= 4 is 74.6 Å². The van der Waals surface area contributed by atoms with E-state index in [0.717, 1.165) is 74.6 Å². The van der Waals surface area contributed by atoms with E-state index in [1.807, 2.05) is 353 Å². The van der Waals surface area contributed by atoms with Crippen molar-refractivity contribution < 1.29 is 60.3 Å². The van der Waals surface area contributed by atoms with Crippen molar-refractivity contribution in [1.82, 2.24) is 44.6 Å². The molecule has 0 N–H and O–H groups in total. The third kappa shape index (κ3) is 17.5. The average molecular weight is 1740 g/mol. The number of benzene rings is 7. The summed E-state index contributed by atoms with van der Waals surface area (Å²) < 4.78 is 0. The Morgan fingerprint density at radius 2 is 0.641 bits per heavy atom. The van der Waals surface area contributed by atoms with Crippen molar-refractivity contribution in [3.63, 3.8) is 0 Å². The summed E-state index contributed by atoms with van der Waals surface area (Å²) in [5.74, 6) is 4.24. The number of rotatable bonds is 7. The second kappa shape index (κ2) is 34.1. The largest absolute Gasteiger partial charge is 0.510 e. The third-order valence-corrected chi connectivity index (χ3v) is 13.5. The quantitative estimate of drug-likeness (QED) is 0.141. The fourth-order valence-electron chi connectivity index (χ4n) is 9.29. The Morgan fingerprint density at radius 1 is 0.304 bits per heavy atom. The zero-order valence-corrected chi connectivity index (χ0v) is 57.9. The number of nitrogens with zero attached hydrogens (tertiary/aromatic N) is 18. The van der Waals surface area contributed by atoms with Crippen LogP contribution in [0.1, 0.15) is 0 Å². The van der Waals surface area contributed by atoms with Crippen molar-refractivity contribution in [1.29, 1.82) is 0 Å². The number of hydrogen-bond acceptors (Lipinski definition) is 18. The van der Waals surface area contributed by atoms with Gasteiger partial charge in [0.05, 0.1) is 11.9 Å². The molecule has 6 aliphatic rings. The maximum atomic E-state index is 4.47. The predicted molar refractivity (Wildman–Crippen MR) is 354 cm³/mol. The molecule has 0 fully saturated rings. The summed E-state index contributed by atoms with van der Waals surface area (Å²) in [5, 5.41) is 0. The van der Waals surface area contributed by atoms with Crippen molar-refractivity contribution in [2.45, 2.75) is 0 Å². The van der Waals surface area contributed by atoms with Crippen LogP contribution in [0.3, 0.4) is 0 Å². The second-order valence-corrected chi connectivity index (χ2v) is 20.0. The van der Waals surface area contributed by atoms with Crippen LogP contribution in [0.25, 0.3) is 0 Å². The Balaban J connectivity index is 0.000000143. The van der Waals surface area contributed by atoms with Crippen LogP contribution in [0.2, 0.25) is 0 Å². The van der Waals surface area contributed by atoms with Gasteiger partial charge in [-0.05, 0) is 84.6 Å². The van der Waals surface area contributed by atoms with E-state index in [1.54, 1.807) is 31.1 Å². The van der Waals surface area contributed by atoms with Crippen LogP contribution in [-0.2, 0) is 60.3 Å². The van der Waals surface area contributed by atoms with E-state index in [4.69, 9.17) is 0 Å². The van der Waals surface area contributed by atoms with Gasteiger partial charge < -0.3 is 58.8 Å². The molecule has 0 spiro atoms. The summed E-state index contributed by atoms with van der Waals surface area (Å²) in [6.45, 7) is 11.9. The summed E-state index contributed by atoms with van der Waals surface area (Å²) in [5.41, 5.74) is 8.13. The first-order valence-corrected chi connectivity index (χ1v) is 28.3. The molecule has 0 aliphatic carbocycles. The molecule has 16 rings (SSSR count). The van der Waals surface area contributed by atoms with Crippen LogP contribution in [0, 0.1) is 76.4 Å². The van der Waals surface area contributed by atoms with Crippen molar-refractivity contribution in [3.05, 3.63) is 327 Å². The van der Waals surface area contributed by atoms with Gasteiger partial charge in [0.15, 0.2) is 0 Å². The number of hydrogen-bond donors (Lipinski definition) is 0. The Morgan fingerprint density at radius 3 is 1.03 bits per heavy atom. The first-order valence-electron chi connectivity index (χ1n) is 28.3. The number of para-hydroxylation sites is 7. The molecule has 10 aromatic rings. The molecular formula is C71H62Ir3N18-12. The molecule has 9 heterocycles. The Bertz CT molecular complexity index is 3570. The molecule has 21 heteroatoms. The van der Waals surface area contributed by atoms with Crippen LogP contribution >= 0.6 is 0 Å². The monoisotopic (exact) mass is 1750 g/mol. The van der Waals surface area contributed by atoms with Gasteiger partial charge in [0.1, 0.15) is 35.4 Å². The molecule has 18 nitrogen and oxygen atoms in total. The molecule has 3 aromatic heterocycles. The molecule has 0 bridgehead atoms. The SMILES string of the molecule is CN1C=CN(c2[c-]cccc2)[CH-]1.CN1C=CN(c2[c-]cccc2)[CH-]1.CN1C=CN(c2[c-]cccc2)[CH-]1.CN1[CH-]N(c2[c-]cccc2)c2cncnc21.CN1[CH-]N(c2[c-]cccc2)c2nccnc21.[Ir].[Ir].[Ir].[c-]1ccccc1N1[CH-]N(c2ccccc2)c2nccnc21. The molecule has 7 aromatic carbocycles. The Hall–Kier alpha value is -9.45. The molecule has 3 radical (unpaired) electrons. The minimum absolute atomic E-state index is 0. The van der Waals surface area contributed by atoms with Gasteiger partial charge in [0, 0.05) is 90.8 Å². The fraction of sp³-hybridized carbons (Fsp3) is 0.0704. The smallest absolute Gasteiger partial charge is 0.145 e. The van der Waals surface area contributed by atoms with Gasteiger partial charge >= 0.3 is 0 Å². The van der Waals surface area contributed by atoms with Gasteiger partial charge in [-0.3, -0.25) is 0 Å². The molecule has 6 aliphatic heterocycles. The van der Waals surface area contributed by atoms with Crippen molar-refractivity contribution in [2.75, 3.05) is 79.3 Å². The topological polar surface area (TPSA) is 116 Å². The van der Waals surface area contributed by atoms with E-state index in [-0.39, 0.29) is 60.3 Å². The first-order chi connectivity index (χ1) is 43.7. The Kier molecular flexibility index (Phi) is 25.4. The minimum Gasteiger partial charge on any atom is -0.510 e. The summed E-state index contributed by atoms with van der Waals surface area (Å²) in [6.07, 6.45) is 22.2. The van der Waals surface area contributed by atoms with Gasteiger partial charge in [0.2, 0.25) is 0 Å². The zero-order chi connectivity index (χ0) is 61.2. The maximum Gasteiger partial charge on any atom is 0.145 e. The number of anilines is 13. The Labute approximate surface area is 581 Å². The minimum atomic E-state index is 0. The van der Waals surface area contributed by atoms with E-state index in [9.17, 15) is 0 Å². The first kappa shape index (κ1) is 68.5. The van der Waals surface area contributed by atoms with Crippen LogP contribution in [-0.4, -0.2) is 79.8 Å². The van der Waals surface area contributed by atoms with Gasteiger partial charge in [-0.1, -0.05) is 18.2 Å². The molecule has 0 atom stereocenters. The van der Waals surface area contributed by atoms with Gasteiger partial charge in [0.25, 0.3) is 0 Å². The summed E-state index contributed by atoms with van der Waals surface area (Å²) >= 11 is 0. The van der Waals surface area contributed by atoms with E-state index in [0.29, 0.717) is 0 Å². The zero-order valence-electron chi connectivity index (χ0n) is 50.7. The van der Waals surface area contributed by atoms with Crippen LogP contribution < -0.4 is 44.1 Å². The van der Waals surface area contributed by atoms with Crippen molar-refractivity contribution in [2.24, 2.45) is 0 Å². The van der Waals surface area contributed by atoms with E-state index < -0.39 is 0 Å². The predicted octanol–water partition coefficient (Wildman–Crippen LogP) is 13.1. The molecule has 0 saturated heterocycles. The van der Waals surface area contributed by atoms with Crippen molar-refractivity contribution in [3.8, 4) is 0 Å². The maximum absolute atomic E-state index is 4.47. The number of aromatic nitrogens is 6. The fourth-order valence-corrected chi connectivity index (χ4v) is 9.29. The third-order valence-electron chi connectivity index (χ3n) is 13.5. The van der Waals surface area contributed by atoms with E-state index in [1.165, 1.54) is 0 Å². The summed E-state index contributed by atoms with van der Waals surface area (Å²) in [7, 11) is 9.92.